The van der Waals surface area contributed by atoms with Crippen molar-refractivity contribution in [3.63, 3.8) is 0 Å². The number of benzene rings is 2. The van der Waals surface area contributed by atoms with E-state index in [-0.39, 0.29) is 92.5 Å². The van der Waals surface area contributed by atoms with Gasteiger partial charge in [-0.05, 0) is 132 Å². The minimum atomic E-state index is -1.89. The predicted molar refractivity (Wildman–Crippen MR) is 286 cm³/mol. The molecule has 76 heavy (non-hydrogen) atoms. The number of hydrogen-bond acceptors (Lipinski definition) is 13. The number of unbranched alkanes of at least 4 members (excludes halogenated alkanes) is 2. The first-order valence-corrected chi connectivity index (χ1v) is 29.2. The van der Waals surface area contributed by atoms with Crippen LogP contribution in [0, 0.1) is 69.0 Å². The highest BCUT2D eigenvalue weighted by Crippen LogP contribution is 2.82. The average Bonchev–Trinajstić information content (AvgIpc) is 2.96. The lowest BCUT2D eigenvalue weighted by atomic mass is 9.35. The largest absolute Gasteiger partial charge is 0.511 e. The lowest BCUT2D eigenvalue weighted by Crippen LogP contribution is -2.73. The molecule has 0 unspecified atom stereocenters. The van der Waals surface area contributed by atoms with Crippen molar-refractivity contribution in [2.75, 3.05) is 32.9 Å². The van der Waals surface area contributed by atoms with Gasteiger partial charge in [0, 0.05) is 72.3 Å². The smallest absolute Gasteiger partial charge is 0.160 e. The van der Waals surface area contributed by atoms with Crippen LogP contribution >= 0.6 is 0 Å². The topological polar surface area (TPSA) is 230 Å². The zero-order chi connectivity index (χ0) is 53.9. The molecule has 6 fully saturated rings. The highest BCUT2D eigenvalue weighted by molar-refractivity contribution is 5.96. The summed E-state index contributed by atoms with van der Waals surface area (Å²) in [4.78, 5) is 16.1. The Labute approximate surface area is 447 Å². The van der Waals surface area contributed by atoms with Crippen LogP contribution in [0.2, 0.25) is 0 Å². The maximum Gasteiger partial charge on any atom is 0.160 e. The van der Waals surface area contributed by atoms with Gasteiger partial charge < -0.3 is 60.7 Å². The molecule has 2 aromatic rings. The highest BCUT2D eigenvalue weighted by Gasteiger charge is 2.85. The van der Waals surface area contributed by atoms with Crippen molar-refractivity contribution >= 4 is 17.6 Å². The molecule has 1 saturated heterocycles. The number of aromatic hydroxyl groups is 2. The van der Waals surface area contributed by atoms with Crippen molar-refractivity contribution in [2.24, 2.45) is 69.0 Å². The monoisotopic (exact) mass is 1050 g/mol. The van der Waals surface area contributed by atoms with Gasteiger partial charge in [-0.15, -0.1) is 0 Å². The van der Waals surface area contributed by atoms with E-state index in [1.54, 1.807) is 12.1 Å². The number of carbonyl (C=O) groups excluding carboxylic acids is 1. The summed E-state index contributed by atoms with van der Waals surface area (Å²) in [5, 5.41) is 119. The molecule has 13 heteroatoms. The molecule has 20 atom stereocenters. The molecular weight excluding hydrogens is 963 g/mol. The predicted octanol–water partition coefficient (Wildman–Crippen LogP) is 5.74. The molecule has 13 rings (SSSR count). The Morgan fingerprint density at radius 2 is 1.70 bits per heavy atom. The van der Waals surface area contributed by atoms with Gasteiger partial charge in [0.25, 0.3) is 0 Å². The second-order valence-corrected chi connectivity index (χ2v) is 26.9. The van der Waals surface area contributed by atoms with Gasteiger partial charge in [-0.2, -0.15) is 0 Å². The maximum absolute atomic E-state index is 16.1. The van der Waals surface area contributed by atoms with E-state index in [0.29, 0.717) is 36.1 Å². The fraction of sp³-hybridized carbons (Fsp3) is 0.698. The Balaban J connectivity index is 1.12. The van der Waals surface area contributed by atoms with Crippen LogP contribution in [0.5, 0.6) is 11.5 Å². The Morgan fingerprint density at radius 1 is 0.921 bits per heavy atom. The molecule has 1 aliphatic heterocycles. The second kappa shape index (κ2) is 17.9. The first kappa shape index (κ1) is 53.0. The molecule has 2 aromatic carbocycles. The molecule has 1 heterocycles. The fourth-order valence-corrected chi connectivity index (χ4v) is 20.9. The lowest BCUT2D eigenvalue weighted by Gasteiger charge is -2.70. The van der Waals surface area contributed by atoms with E-state index in [0.717, 1.165) is 54.7 Å². The number of phenols is 2. The Kier molecular flexibility index (Phi) is 12.5. The van der Waals surface area contributed by atoms with Crippen LogP contribution < -0.4 is 15.8 Å². The first-order valence-electron chi connectivity index (χ1n) is 29.2. The highest BCUT2D eigenvalue weighted by atomic mass is 16.6. The fourth-order valence-electron chi connectivity index (χ4n) is 20.9. The third kappa shape index (κ3) is 6.67. The Hall–Kier alpha value is -3.63. The molecule has 0 radical (unpaired) electrons. The van der Waals surface area contributed by atoms with E-state index in [1.807, 2.05) is 18.2 Å². The maximum atomic E-state index is 16.1. The Bertz CT molecular complexity index is 2890. The van der Waals surface area contributed by atoms with Gasteiger partial charge in [0.1, 0.15) is 28.5 Å². The van der Waals surface area contributed by atoms with Gasteiger partial charge in [0.15, 0.2) is 5.78 Å². The molecule has 414 valence electrons. The molecule has 10 N–H and O–H groups in total. The van der Waals surface area contributed by atoms with Gasteiger partial charge in [-0.1, -0.05) is 103 Å². The van der Waals surface area contributed by atoms with Crippen molar-refractivity contribution in [1.82, 2.24) is 5.32 Å². The summed E-state index contributed by atoms with van der Waals surface area (Å²) in [6, 6.07) is 10.8. The number of phenolic OH excluding ortho intramolecular Hbond substituents is 2. The summed E-state index contributed by atoms with van der Waals surface area (Å²) in [6.45, 7) is 13.1. The van der Waals surface area contributed by atoms with Crippen LogP contribution in [-0.4, -0.2) is 125 Å². The SMILES string of the molecule is CCCCC[C@@H]1C[C@@]2(C[C@]3(C)[C@@H]4[C@H](C[C@@]3(O)C3=CC(=O)[C@@H]5[C@H]6c7cc(O)cc(O)c7CC[C@]6(O)[C@@H](OCCO)C[C@]5(C)[C@H]32)O[C@]2([C@H]3CC[C@](C)(C=C3CNCC)[C@H](C)[C@@H]2O)[C@@]4(O)CCO)[C@H]2C(O)=c3ccccc3=C[C@@H]12. The minimum absolute atomic E-state index is 0.00844. The number of nitrogens with one attached hydrogen (secondary N) is 1. The van der Waals surface area contributed by atoms with Crippen LogP contribution in [0.15, 0.2) is 59.7 Å². The van der Waals surface area contributed by atoms with Crippen molar-refractivity contribution in [3.05, 3.63) is 81.3 Å². The molecule has 10 aliphatic carbocycles. The average molecular weight is 1050 g/mol. The lowest BCUT2D eigenvalue weighted by molar-refractivity contribution is -0.257. The van der Waals surface area contributed by atoms with E-state index >= 15 is 4.79 Å². The number of hydrogen-bond donors (Lipinski definition) is 10. The zero-order valence-electron chi connectivity index (χ0n) is 45.6. The van der Waals surface area contributed by atoms with Crippen molar-refractivity contribution in [1.29, 1.82) is 0 Å². The zero-order valence-corrected chi connectivity index (χ0v) is 45.6. The normalized spacial score (nSPS) is 47.2. The number of ketones is 1. The number of aliphatic hydroxyl groups excluding tert-OH is 4. The van der Waals surface area contributed by atoms with Crippen molar-refractivity contribution in [2.45, 2.75) is 172 Å². The van der Waals surface area contributed by atoms with E-state index in [2.05, 4.69) is 65.1 Å². The van der Waals surface area contributed by atoms with Gasteiger partial charge in [-0.25, -0.2) is 0 Å². The Morgan fingerprint density at radius 3 is 2.43 bits per heavy atom. The first-order chi connectivity index (χ1) is 36.1. The quantitative estimate of drug-likeness (QED) is 0.0905. The van der Waals surface area contributed by atoms with Crippen LogP contribution in [0.3, 0.4) is 0 Å². The van der Waals surface area contributed by atoms with E-state index in [9.17, 15) is 46.0 Å². The standard InChI is InChI=1S/C63H85NO12/c1-7-9-10-14-36-29-59(50-41(36)24-35-13-11-12-15-39(35)52(50)70)33-58(6)54-47(76-63(61(54,73)20-21-65)43-17-18-56(4,34(3)55(63)71)28-37(43)32-64-8-2)30-62(58,74)44-27-46(69)51-49-42-25-38(67)26-45(68)40(42)16-19-60(49,72)48(75-23-22-66)31-57(51,5)53(44)59/h11-13,15,24-28,34,36,41,43,47-51,53-55,64-68,70-74H,7-10,14,16-23,29-33H2,1-6H3/t34-,36-,41+,43+,47+,48+,49-,50-,51-,53+,54+,55+,56-,57+,58-,59-,60+,61-,62-,63+/m1/s1. The number of fused-ring (bicyclic) bond motifs is 17. The summed E-state index contributed by atoms with van der Waals surface area (Å²) in [5.74, 6) is -5.12. The summed E-state index contributed by atoms with van der Waals surface area (Å²) in [7, 11) is 0. The van der Waals surface area contributed by atoms with Crippen LogP contribution in [-0.2, 0) is 20.7 Å². The van der Waals surface area contributed by atoms with Gasteiger partial charge >= 0.3 is 0 Å². The number of likely N-dealkylation sites (N-methyl/N-ethyl adjacent to an activating group) is 1. The summed E-state index contributed by atoms with van der Waals surface area (Å²) in [6.07, 6.45) is 10.1. The molecule has 13 nitrogen and oxygen atoms in total. The van der Waals surface area contributed by atoms with Crippen LogP contribution in [0.25, 0.3) is 11.8 Å². The van der Waals surface area contributed by atoms with E-state index in [4.69, 9.17) is 9.47 Å². The van der Waals surface area contributed by atoms with Gasteiger partial charge in [0.05, 0.1) is 42.7 Å². The van der Waals surface area contributed by atoms with Crippen molar-refractivity contribution in [3.8, 4) is 11.5 Å². The number of carbonyl (C=O) groups is 1. The number of rotatable bonds is 12. The van der Waals surface area contributed by atoms with Gasteiger partial charge in [0.2, 0.25) is 0 Å². The van der Waals surface area contributed by atoms with Crippen LogP contribution in [0.1, 0.15) is 136 Å². The third-order valence-electron chi connectivity index (χ3n) is 23.6. The number of aliphatic hydroxyl groups is 7. The molecule has 0 amide bonds. The minimum Gasteiger partial charge on any atom is -0.511 e. The van der Waals surface area contributed by atoms with E-state index in [1.165, 1.54) is 6.07 Å². The van der Waals surface area contributed by atoms with Crippen molar-refractivity contribution < 1.29 is 60.2 Å². The summed E-state index contributed by atoms with van der Waals surface area (Å²) < 4.78 is 14.3. The molecule has 11 aliphatic rings. The molecule has 2 bridgehead atoms. The number of allylic oxidation sites excluding steroid dienone is 2. The third-order valence-corrected chi connectivity index (χ3v) is 23.6. The summed E-state index contributed by atoms with van der Waals surface area (Å²) >= 11 is 0. The summed E-state index contributed by atoms with van der Waals surface area (Å²) in [5.41, 5.74) is -8.03. The second-order valence-electron chi connectivity index (χ2n) is 26.9. The number of ether oxygens (including phenoxy) is 2. The molecule has 5 saturated carbocycles. The van der Waals surface area contributed by atoms with E-state index < -0.39 is 104 Å². The van der Waals surface area contributed by atoms with Gasteiger partial charge in [-0.3, -0.25) is 4.79 Å². The molecule has 0 aromatic heterocycles. The molecule has 2 spiro atoms. The molecular formula is C63H85NO12. The van der Waals surface area contributed by atoms with Crippen LogP contribution in [0.4, 0.5) is 0 Å².